The molecule has 4 rings (SSSR count). The highest BCUT2D eigenvalue weighted by Gasteiger charge is 2.35. The van der Waals surface area contributed by atoms with Crippen molar-refractivity contribution in [1.82, 2.24) is 14.7 Å². The lowest BCUT2D eigenvalue weighted by Gasteiger charge is -2.26. The molecule has 1 unspecified atom stereocenters. The van der Waals surface area contributed by atoms with Crippen molar-refractivity contribution in [2.45, 2.75) is 32.0 Å². The fourth-order valence-electron chi connectivity index (χ4n) is 4.34. The molecule has 0 bridgehead atoms. The van der Waals surface area contributed by atoms with E-state index in [-0.39, 0.29) is 17.4 Å². The van der Waals surface area contributed by atoms with Gasteiger partial charge in [0.25, 0.3) is 5.91 Å². The highest BCUT2D eigenvalue weighted by molar-refractivity contribution is 5.92. The molecule has 2 heterocycles. The number of carbonyl (C=O) groups excluding carboxylic acids is 1. The van der Waals surface area contributed by atoms with Crippen molar-refractivity contribution < 1.29 is 27.4 Å². The molecule has 0 saturated carbocycles. The molecule has 0 aliphatic carbocycles. The minimum atomic E-state index is -4.54. The second-order valence-corrected chi connectivity index (χ2v) is 8.22. The highest BCUT2D eigenvalue weighted by Crippen LogP contribution is 2.39. The molecule has 7 nitrogen and oxygen atoms in total. The van der Waals surface area contributed by atoms with Crippen LogP contribution in [0, 0.1) is 6.92 Å². The van der Waals surface area contributed by atoms with Gasteiger partial charge in [0, 0.05) is 23.9 Å². The van der Waals surface area contributed by atoms with Gasteiger partial charge in [-0.3, -0.25) is 9.59 Å². The smallest absolute Gasteiger partial charge is 0.416 e. The standard InChI is InChI=1S/C25H24F3N3O4/c1-15-12-21(32)23(29-31(15)17-7-4-6-16(13-17)25(26,27)28)24(33)30-11-5-8-20(30)19-14-18(34-2)9-10-22(19)35-3/h4,6-7,9-10,12-14,20H,5,8,11H2,1-3H3. The molecule has 0 spiro atoms. The lowest BCUT2D eigenvalue weighted by Crippen LogP contribution is -2.36. The number of aryl methyl sites for hydroxylation is 1. The molecular weight excluding hydrogens is 463 g/mol. The molecule has 184 valence electrons. The number of hydrogen-bond donors (Lipinski definition) is 0. The number of rotatable bonds is 5. The molecule has 0 N–H and O–H groups in total. The maximum atomic E-state index is 13.5. The fraction of sp³-hybridized carbons (Fsp3) is 0.320. The number of nitrogens with zero attached hydrogens (tertiary/aromatic N) is 3. The van der Waals surface area contributed by atoms with Gasteiger partial charge in [0.1, 0.15) is 11.5 Å². The van der Waals surface area contributed by atoms with E-state index in [9.17, 15) is 22.8 Å². The highest BCUT2D eigenvalue weighted by atomic mass is 19.4. The van der Waals surface area contributed by atoms with E-state index in [4.69, 9.17) is 9.47 Å². The van der Waals surface area contributed by atoms with Crippen LogP contribution in [0.4, 0.5) is 13.2 Å². The van der Waals surface area contributed by atoms with Crippen LogP contribution in [-0.2, 0) is 6.18 Å². The number of amides is 1. The molecule has 1 saturated heterocycles. The van der Waals surface area contributed by atoms with Gasteiger partial charge in [-0.05, 0) is 56.2 Å². The molecule has 1 aromatic heterocycles. The van der Waals surface area contributed by atoms with E-state index in [1.54, 1.807) is 30.0 Å². The summed E-state index contributed by atoms with van der Waals surface area (Å²) in [4.78, 5) is 27.8. The van der Waals surface area contributed by atoms with Gasteiger partial charge in [-0.25, -0.2) is 4.68 Å². The number of ether oxygens (including phenoxy) is 2. The zero-order valence-corrected chi connectivity index (χ0v) is 19.4. The lowest BCUT2D eigenvalue weighted by atomic mass is 10.0. The first-order valence-electron chi connectivity index (χ1n) is 11.0. The second kappa shape index (κ2) is 9.44. The van der Waals surface area contributed by atoms with Crippen molar-refractivity contribution >= 4 is 5.91 Å². The Kier molecular flexibility index (Phi) is 6.56. The Bertz CT molecular complexity index is 1320. The third-order valence-electron chi connectivity index (χ3n) is 6.04. The molecule has 0 radical (unpaired) electrons. The predicted molar refractivity (Wildman–Crippen MR) is 122 cm³/mol. The summed E-state index contributed by atoms with van der Waals surface area (Å²) in [5.74, 6) is 0.581. The summed E-state index contributed by atoms with van der Waals surface area (Å²) < 4.78 is 51.6. The van der Waals surface area contributed by atoms with Crippen LogP contribution in [0.1, 0.15) is 46.2 Å². The van der Waals surface area contributed by atoms with Gasteiger partial charge in [-0.2, -0.15) is 18.3 Å². The molecule has 3 aromatic rings. The van der Waals surface area contributed by atoms with Crippen LogP contribution in [0.3, 0.4) is 0 Å². The molecule has 1 fully saturated rings. The minimum Gasteiger partial charge on any atom is -0.497 e. The zero-order chi connectivity index (χ0) is 25.3. The second-order valence-electron chi connectivity index (χ2n) is 8.22. The van der Waals surface area contributed by atoms with E-state index in [2.05, 4.69) is 5.10 Å². The third-order valence-corrected chi connectivity index (χ3v) is 6.04. The van der Waals surface area contributed by atoms with E-state index in [1.807, 2.05) is 0 Å². The Balaban J connectivity index is 1.75. The summed E-state index contributed by atoms with van der Waals surface area (Å²) >= 11 is 0. The summed E-state index contributed by atoms with van der Waals surface area (Å²) in [5.41, 5.74) is -0.673. The van der Waals surface area contributed by atoms with Gasteiger partial charge in [0.15, 0.2) is 5.69 Å². The molecule has 35 heavy (non-hydrogen) atoms. The minimum absolute atomic E-state index is 0.0961. The maximum absolute atomic E-state index is 13.5. The van der Waals surface area contributed by atoms with Crippen LogP contribution in [0.25, 0.3) is 5.69 Å². The molecule has 10 heteroatoms. The first kappa shape index (κ1) is 24.3. The van der Waals surface area contributed by atoms with Crippen molar-refractivity contribution in [2.75, 3.05) is 20.8 Å². The summed E-state index contributed by atoms with van der Waals surface area (Å²) in [6.07, 6.45) is -3.20. The molecule has 2 aromatic carbocycles. The van der Waals surface area contributed by atoms with Gasteiger partial charge in [-0.1, -0.05) is 6.07 Å². The number of aromatic nitrogens is 2. The number of likely N-dealkylation sites (tertiary alicyclic amines) is 1. The number of carbonyl (C=O) groups is 1. The van der Waals surface area contributed by atoms with Crippen molar-refractivity contribution in [3.63, 3.8) is 0 Å². The zero-order valence-electron chi connectivity index (χ0n) is 19.4. The van der Waals surface area contributed by atoms with Crippen LogP contribution in [0.2, 0.25) is 0 Å². The van der Waals surface area contributed by atoms with Crippen molar-refractivity contribution in [3.05, 3.63) is 81.3 Å². The largest absolute Gasteiger partial charge is 0.497 e. The summed E-state index contributed by atoms with van der Waals surface area (Å²) in [5, 5.41) is 4.20. The Morgan fingerprint density at radius 2 is 1.86 bits per heavy atom. The van der Waals surface area contributed by atoms with Gasteiger partial charge in [0.2, 0.25) is 5.43 Å². The number of methoxy groups -OCH3 is 2. The number of benzene rings is 2. The third kappa shape index (κ3) is 4.73. The molecular formula is C25H24F3N3O4. The van der Waals surface area contributed by atoms with Crippen LogP contribution < -0.4 is 14.9 Å². The van der Waals surface area contributed by atoms with Gasteiger partial charge < -0.3 is 14.4 Å². The Morgan fingerprint density at radius 3 is 2.54 bits per heavy atom. The lowest BCUT2D eigenvalue weighted by molar-refractivity contribution is -0.137. The van der Waals surface area contributed by atoms with E-state index in [1.165, 1.54) is 37.1 Å². The Labute approximate surface area is 199 Å². The maximum Gasteiger partial charge on any atom is 0.416 e. The molecule has 1 amide bonds. The van der Waals surface area contributed by atoms with Crippen molar-refractivity contribution in [2.24, 2.45) is 0 Å². The van der Waals surface area contributed by atoms with Crippen LogP contribution >= 0.6 is 0 Å². The SMILES string of the molecule is COc1ccc(OC)c(C2CCCN2C(=O)c2nn(-c3cccc(C(F)(F)F)c3)c(C)cc2=O)c1. The van der Waals surface area contributed by atoms with Crippen LogP contribution in [0.5, 0.6) is 11.5 Å². The summed E-state index contributed by atoms with van der Waals surface area (Å²) in [6, 6.07) is 10.7. The van der Waals surface area contributed by atoms with E-state index >= 15 is 0 Å². The first-order valence-corrected chi connectivity index (χ1v) is 11.0. The molecule has 1 aliphatic rings. The number of halogens is 3. The van der Waals surface area contributed by atoms with Crippen molar-refractivity contribution in [3.8, 4) is 17.2 Å². The number of alkyl halides is 3. The Morgan fingerprint density at radius 1 is 1.09 bits per heavy atom. The van der Waals surface area contributed by atoms with Crippen LogP contribution in [0.15, 0.2) is 53.3 Å². The monoisotopic (exact) mass is 487 g/mol. The first-order chi connectivity index (χ1) is 16.6. The molecule has 1 atom stereocenters. The summed E-state index contributed by atoms with van der Waals surface area (Å²) in [7, 11) is 3.07. The van der Waals surface area contributed by atoms with Gasteiger partial charge in [-0.15, -0.1) is 0 Å². The van der Waals surface area contributed by atoms with Gasteiger partial charge in [0.05, 0.1) is 31.5 Å². The number of hydrogen-bond acceptors (Lipinski definition) is 5. The predicted octanol–water partition coefficient (Wildman–Crippen LogP) is 4.55. The van der Waals surface area contributed by atoms with Crippen molar-refractivity contribution in [1.29, 1.82) is 0 Å². The Hall–Kier alpha value is -3.82. The van der Waals surface area contributed by atoms with E-state index < -0.39 is 23.1 Å². The molecule has 1 aliphatic heterocycles. The quantitative estimate of drug-likeness (QED) is 0.528. The fourth-order valence-corrected chi connectivity index (χ4v) is 4.34. The van der Waals surface area contributed by atoms with E-state index in [0.717, 1.165) is 17.7 Å². The van der Waals surface area contributed by atoms with Crippen LogP contribution in [-0.4, -0.2) is 41.4 Å². The average molecular weight is 487 g/mol. The normalized spacial score (nSPS) is 15.8. The average Bonchev–Trinajstić information content (AvgIpc) is 3.32. The topological polar surface area (TPSA) is 73.7 Å². The van der Waals surface area contributed by atoms with Gasteiger partial charge >= 0.3 is 6.18 Å². The summed E-state index contributed by atoms with van der Waals surface area (Å²) in [6.45, 7) is 1.94. The van der Waals surface area contributed by atoms with E-state index in [0.29, 0.717) is 36.6 Å².